The molecule has 0 bridgehead atoms. The van der Waals surface area contributed by atoms with Gasteiger partial charge in [0.25, 0.3) is 5.89 Å². The van der Waals surface area contributed by atoms with Gasteiger partial charge < -0.3 is 9.09 Å². The number of thioether (sulfide) groups is 2. The van der Waals surface area contributed by atoms with Gasteiger partial charge in [0.15, 0.2) is 5.82 Å². The van der Waals surface area contributed by atoms with Gasteiger partial charge in [-0.1, -0.05) is 12.1 Å². The minimum absolute atomic E-state index is 0.280. The van der Waals surface area contributed by atoms with Crippen LogP contribution in [0.15, 0.2) is 16.8 Å². The third-order valence-corrected chi connectivity index (χ3v) is 6.32. The van der Waals surface area contributed by atoms with E-state index in [9.17, 15) is 0 Å². The van der Waals surface area contributed by atoms with Crippen molar-refractivity contribution in [2.24, 2.45) is 7.05 Å². The molecule has 0 saturated carbocycles. The number of nitriles is 1. The maximum Gasteiger partial charge on any atom is 0.274 e. The molecule has 2 unspecified atom stereocenters. The minimum atomic E-state index is 0.280. The first-order valence-electron chi connectivity index (χ1n) is 6.32. The van der Waals surface area contributed by atoms with Crippen molar-refractivity contribution in [1.29, 1.82) is 5.26 Å². The maximum absolute atomic E-state index is 8.93. The molecule has 0 N–H and O–H groups in total. The molecule has 1 aliphatic heterocycles. The Morgan fingerprint density at radius 3 is 2.95 bits per heavy atom. The summed E-state index contributed by atoms with van der Waals surface area (Å²) in [6, 6.07) is 3.88. The van der Waals surface area contributed by atoms with Crippen LogP contribution in [0, 0.1) is 11.3 Å². The highest BCUT2D eigenvalue weighted by molar-refractivity contribution is 8.06. The molecule has 1 saturated heterocycles. The van der Waals surface area contributed by atoms with Crippen LogP contribution in [0.25, 0.3) is 11.6 Å². The van der Waals surface area contributed by atoms with Crippen LogP contribution in [0.2, 0.25) is 0 Å². The van der Waals surface area contributed by atoms with E-state index in [2.05, 4.69) is 23.1 Å². The molecule has 104 valence electrons. The summed E-state index contributed by atoms with van der Waals surface area (Å²) in [6.07, 6.45) is 1.76. The van der Waals surface area contributed by atoms with Gasteiger partial charge in [0.1, 0.15) is 11.8 Å². The van der Waals surface area contributed by atoms with Crippen molar-refractivity contribution in [1.82, 2.24) is 14.7 Å². The first-order chi connectivity index (χ1) is 9.69. The number of hydrogen-bond acceptors (Lipinski definition) is 6. The second kappa shape index (κ2) is 5.54. The topological polar surface area (TPSA) is 67.6 Å². The van der Waals surface area contributed by atoms with Gasteiger partial charge in [-0.2, -0.15) is 22.0 Å². The zero-order valence-corrected chi connectivity index (χ0v) is 12.9. The van der Waals surface area contributed by atoms with Crippen molar-refractivity contribution in [3.8, 4) is 17.7 Å². The summed E-state index contributed by atoms with van der Waals surface area (Å²) in [7, 11) is 1.87. The van der Waals surface area contributed by atoms with E-state index in [1.165, 1.54) is 5.75 Å². The fraction of sp³-hybridized carbons (Fsp3) is 0.462. The molecule has 20 heavy (non-hydrogen) atoms. The molecular weight excluding hydrogens is 292 g/mol. The second-order valence-corrected chi connectivity index (χ2v) is 7.40. The highest BCUT2D eigenvalue weighted by Gasteiger charge is 2.29. The van der Waals surface area contributed by atoms with Gasteiger partial charge in [0.05, 0.1) is 10.8 Å². The number of hydrogen-bond donors (Lipinski definition) is 0. The molecular formula is C13H14N4OS2. The van der Waals surface area contributed by atoms with Crippen LogP contribution < -0.4 is 0 Å². The molecule has 0 aliphatic carbocycles. The molecule has 2 aromatic heterocycles. The Morgan fingerprint density at radius 1 is 1.45 bits per heavy atom. The average Bonchev–Trinajstić information content (AvgIpc) is 3.05. The van der Waals surface area contributed by atoms with Gasteiger partial charge in [0.2, 0.25) is 0 Å². The van der Waals surface area contributed by atoms with E-state index in [4.69, 9.17) is 9.78 Å². The molecule has 5 nitrogen and oxygen atoms in total. The molecule has 0 amide bonds. The molecule has 3 rings (SSSR count). The highest BCUT2D eigenvalue weighted by atomic mass is 32.2. The van der Waals surface area contributed by atoms with Crippen LogP contribution in [0.1, 0.15) is 23.6 Å². The summed E-state index contributed by atoms with van der Waals surface area (Å²) in [5.74, 6) is 3.53. The lowest BCUT2D eigenvalue weighted by atomic mass is 10.3. The first kappa shape index (κ1) is 13.6. The van der Waals surface area contributed by atoms with Gasteiger partial charge in [-0.05, 0) is 6.07 Å². The van der Waals surface area contributed by atoms with E-state index < -0.39 is 0 Å². The van der Waals surface area contributed by atoms with Crippen LogP contribution in [0.3, 0.4) is 0 Å². The smallest absolute Gasteiger partial charge is 0.274 e. The molecule has 3 heterocycles. The Kier molecular flexibility index (Phi) is 3.76. The normalized spacial score (nSPS) is 22.6. The quantitative estimate of drug-likeness (QED) is 0.850. The van der Waals surface area contributed by atoms with E-state index in [-0.39, 0.29) is 5.25 Å². The third kappa shape index (κ3) is 2.45. The lowest BCUT2D eigenvalue weighted by Crippen LogP contribution is -2.16. The Balaban J connectivity index is 1.89. The average molecular weight is 306 g/mol. The van der Waals surface area contributed by atoms with Gasteiger partial charge >= 0.3 is 0 Å². The largest absolute Gasteiger partial charge is 0.345 e. The van der Waals surface area contributed by atoms with Crippen molar-refractivity contribution >= 4 is 23.5 Å². The van der Waals surface area contributed by atoms with E-state index in [1.54, 1.807) is 12.3 Å². The molecule has 2 atom stereocenters. The van der Waals surface area contributed by atoms with E-state index in [0.717, 1.165) is 17.3 Å². The Labute approximate surface area is 125 Å². The third-order valence-electron chi connectivity index (χ3n) is 3.24. The van der Waals surface area contributed by atoms with Crippen molar-refractivity contribution in [2.75, 3.05) is 11.5 Å². The predicted octanol–water partition coefficient (Wildman–Crippen LogP) is 2.86. The molecule has 0 radical (unpaired) electrons. The summed E-state index contributed by atoms with van der Waals surface area (Å²) in [5, 5.41) is 13.8. The number of aryl methyl sites for hydroxylation is 1. The monoisotopic (exact) mass is 306 g/mol. The van der Waals surface area contributed by atoms with Crippen molar-refractivity contribution in [2.45, 2.75) is 17.4 Å². The highest BCUT2D eigenvalue weighted by Crippen LogP contribution is 2.41. The van der Waals surface area contributed by atoms with E-state index in [1.807, 2.05) is 35.1 Å². The summed E-state index contributed by atoms with van der Waals surface area (Å²) in [5.41, 5.74) is 1.37. The standard InChI is InChI=1S/C13H14N4OS2/c1-8-11(20-4-3-19-8)12-15-13(18-16-12)10-5-9(6-14)7-17(10)2/h5,7-8,11H,3-4H2,1-2H3. The first-order valence-corrected chi connectivity index (χ1v) is 8.42. The predicted molar refractivity (Wildman–Crippen MR) is 80.5 cm³/mol. The summed E-state index contributed by atoms with van der Waals surface area (Å²) in [4.78, 5) is 4.52. The number of nitrogens with zero attached hydrogens (tertiary/aromatic N) is 4. The summed E-state index contributed by atoms with van der Waals surface area (Å²) < 4.78 is 7.21. The van der Waals surface area contributed by atoms with Crippen molar-refractivity contribution < 1.29 is 4.52 Å². The zero-order chi connectivity index (χ0) is 14.1. The van der Waals surface area contributed by atoms with Gasteiger partial charge in [0, 0.05) is 30.0 Å². The Bertz CT molecular complexity index is 658. The zero-order valence-electron chi connectivity index (χ0n) is 11.2. The molecule has 1 aliphatic rings. The minimum Gasteiger partial charge on any atom is -0.345 e. The molecule has 7 heteroatoms. The van der Waals surface area contributed by atoms with Crippen molar-refractivity contribution in [3.63, 3.8) is 0 Å². The Hall–Kier alpha value is -1.39. The lowest BCUT2D eigenvalue weighted by molar-refractivity contribution is 0.419. The van der Waals surface area contributed by atoms with E-state index >= 15 is 0 Å². The lowest BCUT2D eigenvalue weighted by Gasteiger charge is -2.24. The van der Waals surface area contributed by atoms with Gasteiger partial charge in [-0.15, -0.1) is 11.8 Å². The fourth-order valence-electron chi connectivity index (χ4n) is 2.21. The molecule has 0 aromatic carbocycles. The van der Waals surface area contributed by atoms with Crippen LogP contribution >= 0.6 is 23.5 Å². The van der Waals surface area contributed by atoms with Gasteiger partial charge in [-0.25, -0.2) is 0 Å². The maximum atomic E-state index is 8.93. The Morgan fingerprint density at radius 2 is 2.25 bits per heavy atom. The fourth-order valence-corrected chi connectivity index (χ4v) is 4.89. The SMILES string of the molecule is CC1SCCSC1c1noc(-c2cc(C#N)cn2C)n1. The van der Waals surface area contributed by atoms with Crippen molar-refractivity contribution in [3.05, 3.63) is 23.7 Å². The molecule has 1 fully saturated rings. The van der Waals surface area contributed by atoms with E-state index in [0.29, 0.717) is 16.7 Å². The summed E-state index contributed by atoms with van der Waals surface area (Å²) in [6.45, 7) is 2.20. The van der Waals surface area contributed by atoms with Crippen LogP contribution in [0.4, 0.5) is 0 Å². The molecule has 0 spiro atoms. The summed E-state index contributed by atoms with van der Waals surface area (Å²) >= 11 is 3.83. The number of aromatic nitrogens is 3. The molecule has 2 aromatic rings. The van der Waals surface area contributed by atoms with Crippen LogP contribution in [-0.2, 0) is 7.05 Å². The van der Waals surface area contributed by atoms with Crippen LogP contribution in [-0.4, -0.2) is 31.5 Å². The second-order valence-electron chi connectivity index (χ2n) is 4.66. The number of rotatable bonds is 2. The van der Waals surface area contributed by atoms with Gasteiger partial charge in [-0.3, -0.25) is 0 Å². The van der Waals surface area contributed by atoms with Crippen LogP contribution in [0.5, 0.6) is 0 Å².